The highest BCUT2D eigenvalue weighted by Crippen LogP contribution is 2.65. The van der Waals surface area contributed by atoms with Gasteiger partial charge in [-0.1, -0.05) is 17.8 Å². The van der Waals surface area contributed by atoms with Crippen LogP contribution in [0.4, 0.5) is 17.6 Å². The second-order valence-electron chi connectivity index (χ2n) is 9.21. The largest absolute Gasteiger partial charge is 0.440 e. The Kier molecular flexibility index (Phi) is 7.23. The quantitative estimate of drug-likeness (QED) is 0.221. The van der Waals surface area contributed by atoms with Gasteiger partial charge in [-0.25, -0.2) is 9.37 Å². The zero-order valence-corrected chi connectivity index (χ0v) is 20.9. The van der Waals surface area contributed by atoms with Crippen molar-refractivity contribution in [3.05, 3.63) is 47.2 Å². The van der Waals surface area contributed by atoms with Crippen LogP contribution in [0.3, 0.4) is 0 Å². The summed E-state index contributed by atoms with van der Waals surface area (Å²) in [4.78, 5) is 6.42. The third-order valence-corrected chi connectivity index (χ3v) is 8.09. The molecule has 35 heavy (non-hydrogen) atoms. The fraction of sp³-hybridized carbons (Fsp3) is 0.522. The molecule has 2 atom stereocenters. The lowest BCUT2D eigenvalue weighted by Crippen LogP contribution is -2.23. The molecule has 2 aliphatic rings. The summed E-state index contributed by atoms with van der Waals surface area (Å²) < 4.78 is 61.1. The molecule has 2 fully saturated rings. The standard InChI is InChI=1S/C23H25F4N5OS.ClH/c1-14-19(33-13-28-14)20-29-30-21(31(20)2)34-9-3-7-32-8-6-22(12-32)11-18(22)16-5-4-15(24)10-17(16)23(25,26)27;/h4-5,10,13,18H,3,6-9,11-12H2,1-2H3;1H. The van der Waals surface area contributed by atoms with Gasteiger partial charge in [-0.15, -0.1) is 22.6 Å². The Hall–Kier alpha value is -2.11. The summed E-state index contributed by atoms with van der Waals surface area (Å²) in [6, 6.07) is 3.10. The highest BCUT2D eigenvalue weighted by Gasteiger charge is 2.59. The molecule has 1 aliphatic carbocycles. The van der Waals surface area contributed by atoms with E-state index in [0.717, 1.165) is 61.6 Å². The van der Waals surface area contributed by atoms with Crippen LogP contribution in [0.5, 0.6) is 0 Å². The molecule has 0 radical (unpaired) electrons. The summed E-state index contributed by atoms with van der Waals surface area (Å²) in [5, 5.41) is 9.26. The first kappa shape index (κ1) is 26.0. The van der Waals surface area contributed by atoms with Crippen molar-refractivity contribution in [2.24, 2.45) is 12.5 Å². The van der Waals surface area contributed by atoms with Crippen molar-refractivity contribution in [1.82, 2.24) is 24.6 Å². The van der Waals surface area contributed by atoms with Gasteiger partial charge in [-0.2, -0.15) is 13.2 Å². The molecular weight excluding hydrogens is 506 g/mol. The van der Waals surface area contributed by atoms with Gasteiger partial charge in [-0.3, -0.25) is 0 Å². The third-order valence-electron chi connectivity index (χ3n) is 6.98. The van der Waals surface area contributed by atoms with E-state index in [4.69, 9.17) is 4.42 Å². The van der Waals surface area contributed by atoms with Gasteiger partial charge in [0.2, 0.25) is 5.82 Å². The van der Waals surface area contributed by atoms with E-state index in [-0.39, 0.29) is 29.3 Å². The molecule has 1 spiro atoms. The predicted octanol–water partition coefficient (Wildman–Crippen LogP) is 5.72. The highest BCUT2D eigenvalue weighted by molar-refractivity contribution is 7.99. The number of benzene rings is 1. The Morgan fingerprint density at radius 3 is 2.77 bits per heavy atom. The van der Waals surface area contributed by atoms with Gasteiger partial charge in [0.15, 0.2) is 17.3 Å². The molecule has 3 heterocycles. The van der Waals surface area contributed by atoms with Crippen molar-refractivity contribution in [1.29, 1.82) is 0 Å². The van der Waals surface area contributed by atoms with Crippen LogP contribution in [0.25, 0.3) is 11.6 Å². The summed E-state index contributed by atoms with van der Waals surface area (Å²) in [5.41, 5.74) is 0.0638. The number of hydrogen-bond acceptors (Lipinski definition) is 6. The van der Waals surface area contributed by atoms with E-state index >= 15 is 0 Å². The molecule has 1 saturated heterocycles. The third kappa shape index (κ3) is 5.08. The zero-order chi connectivity index (χ0) is 24.1. The van der Waals surface area contributed by atoms with Crippen molar-refractivity contribution in [3.8, 4) is 11.6 Å². The minimum atomic E-state index is -4.54. The van der Waals surface area contributed by atoms with Crippen LogP contribution >= 0.6 is 24.2 Å². The Morgan fingerprint density at radius 1 is 1.26 bits per heavy atom. The molecule has 3 aromatic rings. The summed E-state index contributed by atoms with van der Waals surface area (Å²) in [6.45, 7) is 4.40. The van der Waals surface area contributed by atoms with Gasteiger partial charge in [0.05, 0.1) is 11.3 Å². The first-order valence-corrected chi connectivity index (χ1v) is 12.2. The average molecular weight is 532 g/mol. The van der Waals surface area contributed by atoms with Gasteiger partial charge in [-0.05, 0) is 68.3 Å². The fourth-order valence-electron chi connectivity index (χ4n) is 5.10. The van der Waals surface area contributed by atoms with E-state index in [1.54, 1.807) is 11.8 Å². The Bertz CT molecular complexity index is 1200. The molecule has 0 bridgehead atoms. The van der Waals surface area contributed by atoms with E-state index in [0.29, 0.717) is 17.7 Å². The van der Waals surface area contributed by atoms with Gasteiger partial charge >= 0.3 is 6.18 Å². The summed E-state index contributed by atoms with van der Waals surface area (Å²) in [5.74, 6) is 1.10. The van der Waals surface area contributed by atoms with Crippen molar-refractivity contribution in [2.75, 3.05) is 25.4 Å². The lowest BCUT2D eigenvalue weighted by molar-refractivity contribution is -0.138. The molecule has 2 unspecified atom stereocenters. The van der Waals surface area contributed by atoms with Crippen LogP contribution in [0, 0.1) is 18.2 Å². The monoisotopic (exact) mass is 531 g/mol. The maximum Gasteiger partial charge on any atom is 0.416 e. The van der Waals surface area contributed by atoms with E-state index in [9.17, 15) is 17.6 Å². The van der Waals surface area contributed by atoms with Gasteiger partial charge in [0.1, 0.15) is 5.82 Å². The lowest BCUT2D eigenvalue weighted by atomic mass is 9.94. The number of aromatic nitrogens is 4. The number of rotatable bonds is 7. The normalized spacial score (nSPS) is 22.1. The zero-order valence-electron chi connectivity index (χ0n) is 19.3. The molecule has 1 aliphatic heterocycles. The molecule has 6 nitrogen and oxygen atoms in total. The van der Waals surface area contributed by atoms with Crippen LogP contribution in [0.1, 0.15) is 42.0 Å². The SMILES string of the molecule is Cc1ncoc1-c1nnc(SCCCN2CCC3(CC3c3ccc(F)cc3C(F)(F)F)C2)n1C.Cl. The number of hydrogen-bond donors (Lipinski definition) is 0. The van der Waals surface area contributed by atoms with Crippen molar-refractivity contribution < 1.29 is 22.0 Å². The Morgan fingerprint density at radius 2 is 2.06 bits per heavy atom. The maximum atomic E-state index is 13.5. The molecule has 0 N–H and O–H groups in total. The maximum absolute atomic E-state index is 13.5. The highest BCUT2D eigenvalue weighted by atomic mass is 35.5. The number of likely N-dealkylation sites (tertiary alicyclic amines) is 1. The number of nitrogens with zero attached hydrogens (tertiary/aromatic N) is 5. The fourth-order valence-corrected chi connectivity index (χ4v) is 5.93. The average Bonchev–Trinajstić information content (AvgIpc) is 3.07. The first-order valence-electron chi connectivity index (χ1n) is 11.2. The topological polar surface area (TPSA) is 60.0 Å². The van der Waals surface area contributed by atoms with Crippen LogP contribution < -0.4 is 0 Å². The molecule has 0 amide bonds. The molecule has 12 heteroatoms. The molecule has 2 aromatic heterocycles. The van der Waals surface area contributed by atoms with Crippen LogP contribution in [-0.4, -0.2) is 50.0 Å². The number of thioether (sulfide) groups is 1. The molecular formula is C23H26ClF4N5OS. The first-order chi connectivity index (χ1) is 16.2. The van der Waals surface area contributed by atoms with E-state index in [1.165, 1.54) is 12.5 Å². The smallest absolute Gasteiger partial charge is 0.416 e. The number of halogens is 5. The van der Waals surface area contributed by atoms with Gasteiger partial charge < -0.3 is 13.9 Å². The number of aryl methyl sites for hydroxylation is 1. The van der Waals surface area contributed by atoms with Crippen LogP contribution in [0.2, 0.25) is 0 Å². The number of alkyl halides is 3. The minimum Gasteiger partial charge on any atom is -0.440 e. The van der Waals surface area contributed by atoms with E-state index in [1.807, 2.05) is 18.5 Å². The van der Waals surface area contributed by atoms with Crippen LogP contribution in [-0.2, 0) is 13.2 Å². The van der Waals surface area contributed by atoms with Gasteiger partial charge in [0.25, 0.3) is 0 Å². The minimum absolute atomic E-state index is 0. The van der Waals surface area contributed by atoms with Crippen LogP contribution in [0.15, 0.2) is 34.2 Å². The van der Waals surface area contributed by atoms with Crippen molar-refractivity contribution >= 4 is 24.2 Å². The Labute approximate surface area is 210 Å². The summed E-state index contributed by atoms with van der Waals surface area (Å²) in [7, 11) is 1.89. The Balaban J connectivity index is 0.00000289. The molecule has 1 saturated carbocycles. The van der Waals surface area contributed by atoms with Crippen molar-refractivity contribution in [2.45, 2.75) is 43.4 Å². The second-order valence-corrected chi connectivity index (χ2v) is 10.3. The molecule has 5 rings (SSSR count). The summed E-state index contributed by atoms with van der Waals surface area (Å²) >= 11 is 1.61. The van der Waals surface area contributed by atoms with Crippen molar-refractivity contribution in [3.63, 3.8) is 0 Å². The molecule has 190 valence electrons. The predicted molar refractivity (Wildman–Crippen MR) is 126 cm³/mol. The second kappa shape index (κ2) is 9.74. The van der Waals surface area contributed by atoms with E-state index in [2.05, 4.69) is 20.1 Å². The summed E-state index contributed by atoms with van der Waals surface area (Å²) in [6.07, 6.45) is -0.611. The molecule has 1 aromatic carbocycles. The lowest BCUT2D eigenvalue weighted by Gasteiger charge is -2.17. The van der Waals surface area contributed by atoms with Gasteiger partial charge in [0, 0.05) is 19.3 Å². The number of oxazole rings is 1. The van der Waals surface area contributed by atoms with E-state index < -0.39 is 17.6 Å².